The Kier molecular flexibility index (Phi) is 4.86. The third-order valence-electron chi connectivity index (χ3n) is 3.98. The zero-order valence-electron chi connectivity index (χ0n) is 13.7. The van der Waals surface area contributed by atoms with Crippen molar-refractivity contribution in [2.24, 2.45) is 0 Å². The van der Waals surface area contributed by atoms with Gasteiger partial charge in [0.2, 0.25) is 0 Å². The van der Waals surface area contributed by atoms with Crippen LogP contribution in [0.4, 0.5) is 10.2 Å². The molecule has 4 rings (SSSR count). The van der Waals surface area contributed by atoms with Crippen LogP contribution in [0, 0.1) is 5.82 Å². The summed E-state index contributed by atoms with van der Waals surface area (Å²) in [5.41, 5.74) is 0.474. The number of aromatic nitrogens is 2. The van der Waals surface area contributed by atoms with Gasteiger partial charge in [0, 0.05) is 21.8 Å². The smallest absolute Gasteiger partial charge is 0.268 e. The minimum Gasteiger partial charge on any atom is -0.303 e. The molecule has 2 heterocycles. The number of nitrogens with one attached hydrogen (secondary N) is 1. The third-order valence-corrected chi connectivity index (χ3v) is 5.93. The van der Waals surface area contributed by atoms with Gasteiger partial charge in [-0.25, -0.2) is 4.39 Å². The van der Waals surface area contributed by atoms with Crippen LogP contribution in [0.5, 0.6) is 0 Å². The lowest BCUT2D eigenvalue weighted by Crippen LogP contribution is -2.12. The van der Waals surface area contributed by atoms with Gasteiger partial charge in [-0.15, -0.1) is 11.3 Å². The molecule has 0 spiro atoms. The summed E-state index contributed by atoms with van der Waals surface area (Å²) in [6.07, 6.45) is 1.54. The molecule has 4 aromatic rings. The summed E-state index contributed by atoms with van der Waals surface area (Å²) in [5.74, 6) is -0.516. The number of rotatable bonds is 4. The lowest BCUT2D eigenvalue weighted by atomic mass is 10.2. The molecule has 0 atom stereocenters. The van der Waals surface area contributed by atoms with Crippen LogP contribution >= 0.6 is 34.5 Å². The molecule has 0 unspecified atom stereocenters. The topological polar surface area (TPSA) is 46.9 Å². The monoisotopic (exact) mass is 419 g/mol. The second-order valence-electron chi connectivity index (χ2n) is 5.81. The van der Waals surface area contributed by atoms with Gasteiger partial charge >= 0.3 is 0 Å². The van der Waals surface area contributed by atoms with Crippen LogP contribution in [0.1, 0.15) is 15.2 Å². The van der Waals surface area contributed by atoms with Crippen molar-refractivity contribution >= 4 is 56.3 Å². The Morgan fingerprint density at radius 1 is 1.15 bits per heavy atom. The zero-order chi connectivity index (χ0) is 19.0. The molecular formula is C19H12Cl2FN3OS. The summed E-state index contributed by atoms with van der Waals surface area (Å²) in [4.78, 5) is 13.0. The Balaban J connectivity index is 1.57. The van der Waals surface area contributed by atoms with Gasteiger partial charge in [0.05, 0.1) is 11.6 Å². The van der Waals surface area contributed by atoms with Crippen molar-refractivity contribution < 1.29 is 9.18 Å². The fourth-order valence-corrected chi connectivity index (χ4v) is 4.30. The van der Waals surface area contributed by atoms with E-state index in [1.54, 1.807) is 18.2 Å². The number of hydrogen-bond acceptors (Lipinski definition) is 3. The number of carbonyl (C=O) groups is 1. The van der Waals surface area contributed by atoms with Crippen molar-refractivity contribution in [1.82, 2.24) is 9.78 Å². The van der Waals surface area contributed by atoms with E-state index in [4.69, 9.17) is 23.2 Å². The number of thiophene rings is 1. The maximum Gasteiger partial charge on any atom is 0.268 e. The quantitative estimate of drug-likeness (QED) is 0.451. The van der Waals surface area contributed by atoms with Crippen molar-refractivity contribution in [3.63, 3.8) is 0 Å². The molecule has 0 aliphatic rings. The molecule has 0 fully saturated rings. The first-order valence-electron chi connectivity index (χ1n) is 7.97. The lowest BCUT2D eigenvalue weighted by molar-refractivity contribution is 0.103. The number of benzene rings is 2. The van der Waals surface area contributed by atoms with E-state index in [9.17, 15) is 9.18 Å². The number of anilines is 1. The number of hydrogen-bond donors (Lipinski definition) is 1. The predicted octanol–water partition coefficient (Wildman–Crippen LogP) is 5.84. The van der Waals surface area contributed by atoms with Crippen LogP contribution in [0.2, 0.25) is 10.0 Å². The van der Waals surface area contributed by atoms with Crippen LogP contribution in [0.3, 0.4) is 0 Å². The Bertz CT molecular complexity index is 1160. The highest BCUT2D eigenvalue weighted by atomic mass is 35.5. The second-order valence-corrected chi connectivity index (χ2v) is 7.65. The molecular weight excluding hydrogens is 408 g/mol. The second kappa shape index (κ2) is 7.31. The molecule has 136 valence electrons. The summed E-state index contributed by atoms with van der Waals surface area (Å²) in [6, 6.07) is 13.9. The van der Waals surface area contributed by atoms with Crippen molar-refractivity contribution in [3.05, 3.63) is 81.0 Å². The first-order chi connectivity index (χ1) is 13.0. The standard InChI is InChI=1S/C19H12Cl2FN3OS/c20-13-10-25(9-11-5-1-3-7-14(11)22)24-18(13)23-19(26)17-16(21)12-6-2-4-8-15(12)27-17/h1-8,10H,9H2,(H,23,24,26). The summed E-state index contributed by atoms with van der Waals surface area (Å²) in [5, 5.41) is 8.41. The molecule has 0 radical (unpaired) electrons. The van der Waals surface area contributed by atoms with Crippen LogP contribution in [0.25, 0.3) is 10.1 Å². The van der Waals surface area contributed by atoms with Gasteiger partial charge in [-0.2, -0.15) is 5.10 Å². The maximum absolute atomic E-state index is 13.8. The van der Waals surface area contributed by atoms with E-state index < -0.39 is 0 Å². The highest BCUT2D eigenvalue weighted by molar-refractivity contribution is 7.21. The van der Waals surface area contributed by atoms with E-state index in [2.05, 4.69) is 10.4 Å². The van der Waals surface area contributed by atoms with Gasteiger partial charge < -0.3 is 5.32 Å². The van der Waals surface area contributed by atoms with E-state index in [1.165, 1.54) is 28.3 Å². The third kappa shape index (κ3) is 3.56. The summed E-state index contributed by atoms with van der Waals surface area (Å²) < 4.78 is 16.2. The first kappa shape index (κ1) is 18.0. The summed E-state index contributed by atoms with van der Waals surface area (Å²) in [6.45, 7) is 0.200. The molecule has 0 saturated carbocycles. The lowest BCUT2D eigenvalue weighted by Gasteiger charge is -2.03. The number of fused-ring (bicyclic) bond motifs is 1. The molecule has 0 saturated heterocycles. The molecule has 27 heavy (non-hydrogen) atoms. The molecule has 8 heteroatoms. The van der Waals surface area contributed by atoms with E-state index in [-0.39, 0.29) is 29.1 Å². The van der Waals surface area contributed by atoms with Gasteiger partial charge in [-0.05, 0) is 12.1 Å². The summed E-state index contributed by atoms with van der Waals surface area (Å²) in [7, 11) is 0. The summed E-state index contributed by atoms with van der Waals surface area (Å²) >= 11 is 13.8. The number of amides is 1. The number of nitrogens with zero attached hydrogens (tertiary/aromatic N) is 2. The minimum atomic E-state index is -0.390. The van der Waals surface area contributed by atoms with E-state index in [0.717, 1.165) is 10.1 Å². The van der Waals surface area contributed by atoms with Crippen LogP contribution in [-0.4, -0.2) is 15.7 Å². The van der Waals surface area contributed by atoms with Crippen molar-refractivity contribution in [2.75, 3.05) is 5.32 Å². The molecule has 2 aromatic heterocycles. The predicted molar refractivity (Wildman–Crippen MR) is 108 cm³/mol. The highest BCUT2D eigenvalue weighted by Crippen LogP contribution is 2.35. The van der Waals surface area contributed by atoms with E-state index in [1.807, 2.05) is 24.3 Å². The van der Waals surface area contributed by atoms with Crippen molar-refractivity contribution in [2.45, 2.75) is 6.54 Å². The van der Waals surface area contributed by atoms with Crippen LogP contribution in [0.15, 0.2) is 54.7 Å². The molecule has 0 aliphatic heterocycles. The average Bonchev–Trinajstić information content (AvgIpc) is 3.17. The first-order valence-corrected chi connectivity index (χ1v) is 9.55. The van der Waals surface area contributed by atoms with E-state index in [0.29, 0.717) is 15.5 Å². The van der Waals surface area contributed by atoms with Gasteiger partial charge in [0.15, 0.2) is 5.82 Å². The molecule has 1 amide bonds. The molecule has 2 aromatic carbocycles. The van der Waals surface area contributed by atoms with Crippen molar-refractivity contribution in [1.29, 1.82) is 0 Å². The maximum atomic E-state index is 13.8. The fraction of sp³-hybridized carbons (Fsp3) is 0.0526. The number of carbonyl (C=O) groups excluding carboxylic acids is 1. The normalized spacial score (nSPS) is 11.1. The fourth-order valence-electron chi connectivity index (χ4n) is 2.69. The van der Waals surface area contributed by atoms with Crippen LogP contribution in [-0.2, 0) is 6.54 Å². The van der Waals surface area contributed by atoms with Crippen molar-refractivity contribution in [3.8, 4) is 0 Å². The molecule has 1 N–H and O–H groups in total. The number of halogens is 3. The SMILES string of the molecule is O=C(Nc1nn(Cc2ccccc2F)cc1Cl)c1sc2ccccc2c1Cl. The zero-order valence-corrected chi connectivity index (χ0v) is 16.1. The van der Waals surface area contributed by atoms with Gasteiger partial charge in [0.1, 0.15) is 15.7 Å². The van der Waals surface area contributed by atoms with Crippen LogP contribution < -0.4 is 5.32 Å². The minimum absolute atomic E-state index is 0.200. The Morgan fingerprint density at radius 2 is 1.89 bits per heavy atom. The largest absolute Gasteiger partial charge is 0.303 e. The highest BCUT2D eigenvalue weighted by Gasteiger charge is 2.19. The molecule has 0 aliphatic carbocycles. The van der Waals surface area contributed by atoms with Gasteiger partial charge in [-0.3, -0.25) is 9.48 Å². The molecule has 0 bridgehead atoms. The van der Waals surface area contributed by atoms with Gasteiger partial charge in [-0.1, -0.05) is 59.6 Å². The Morgan fingerprint density at radius 3 is 2.67 bits per heavy atom. The average molecular weight is 420 g/mol. The van der Waals surface area contributed by atoms with Gasteiger partial charge in [0.25, 0.3) is 5.91 Å². The van der Waals surface area contributed by atoms with E-state index >= 15 is 0 Å². The Labute approximate surface area is 168 Å². The molecule has 4 nitrogen and oxygen atoms in total. The Hall–Kier alpha value is -2.41.